The van der Waals surface area contributed by atoms with Crippen LogP contribution in [0, 0.1) is 6.92 Å². The molecule has 1 aromatic carbocycles. The lowest BCUT2D eigenvalue weighted by Crippen LogP contribution is -2.38. The summed E-state index contributed by atoms with van der Waals surface area (Å²) in [4.78, 5) is 33.1. The quantitative estimate of drug-likeness (QED) is 0.762. The maximum Gasteiger partial charge on any atom is 0.268 e. The van der Waals surface area contributed by atoms with Gasteiger partial charge in [0.1, 0.15) is 16.3 Å². The first kappa shape index (κ1) is 17.2. The predicted octanol–water partition coefficient (Wildman–Crippen LogP) is 2.72. The molecular weight excluding hydrogens is 338 g/mol. The van der Waals surface area contributed by atoms with Crippen molar-refractivity contribution in [2.75, 3.05) is 7.05 Å². The number of fused-ring (bicyclic) bond motifs is 1. The Kier molecular flexibility index (Phi) is 4.85. The van der Waals surface area contributed by atoms with E-state index in [-0.39, 0.29) is 18.0 Å². The van der Waals surface area contributed by atoms with Crippen molar-refractivity contribution in [1.82, 2.24) is 14.9 Å². The lowest BCUT2D eigenvalue weighted by molar-refractivity contribution is -0.137. The van der Waals surface area contributed by atoms with Gasteiger partial charge in [-0.2, -0.15) is 0 Å². The fourth-order valence-corrected chi connectivity index (χ4v) is 3.21. The number of hydrogen-bond donors (Lipinski definition) is 1. The standard InChI is InChI=1S/C18H19N3O3S/c1-11-4-6-13(7-5-11)24-12(2)18(23)21(3)10-15-19-14-8-9-25-16(14)17(22)20-15/h4-9,12H,10H2,1-3H3,(H,19,20,22)/t12-/m0/s1. The maximum absolute atomic E-state index is 12.5. The summed E-state index contributed by atoms with van der Waals surface area (Å²) in [6.45, 7) is 3.91. The van der Waals surface area contributed by atoms with Crippen molar-refractivity contribution in [3.63, 3.8) is 0 Å². The molecule has 0 aliphatic heterocycles. The number of aromatic nitrogens is 2. The highest BCUT2D eigenvalue weighted by Gasteiger charge is 2.20. The summed E-state index contributed by atoms with van der Waals surface area (Å²) >= 11 is 1.35. The van der Waals surface area contributed by atoms with Crippen LogP contribution in [0.25, 0.3) is 10.2 Å². The van der Waals surface area contributed by atoms with Crippen LogP contribution in [0.1, 0.15) is 18.3 Å². The van der Waals surface area contributed by atoms with Gasteiger partial charge in [-0.05, 0) is 37.4 Å². The minimum Gasteiger partial charge on any atom is -0.481 e. The molecule has 1 N–H and O–H groups in total. The predicted molar refractivity (Wildman–Crippen MR) is 98.0 cm³/mol. The van der Waals surface area contributed by atoms with E-state index in [1.54, 1.807) is 20.0 Å². The SMILES string of the molecule is Cc1ccc(O[C@@H](C)C(=O)N(C)Cc2nc3ccsc3c(=O)[nH]2)cc1. The highest BCUT2D eigenvalue weighted by molar-refractivity contribution is 7.17. The van der Waals surface area contributed by atoms with E-state index in [2.05, 4.69) is 9.97 Å². The third kappa shape index (κ3) is 3.88. The van der Waals surface area contributed by atoms with Gasteiger partial charge in [0.15, 0.2) is 6.10 Å². The second-order valence-electron chi connectivity index (χ2n) is 5.92. The molecule has 25 heavy (non-hydrogen) atoms. The molecule has 0 spiro atoms. The van der Waals surface area contributed by atoms with Crippen LogP contribution >= 0.6 is 11.3 Å². The van der Waals surface area contributed by atoms with Gasteiger partial charge in [-0.15, -0.1) is 11.3 Å². The summed E-state index contributed by atoms with van der Waals surface area (Å²) in [6.07, 6.45) is -0.635. The van der Waals surface area contributed by atoms with Crippen molar-refractivity contribution in [3.05, 3.63) is 57.5 Å². The van der Waals surface area contributed by atoms with E-state index in [9.17, 15) is 9.59 Å². The highest BCUT2D eigenvalue weighted by atomic mass is 32.1. The van der Waals surface area contributed by atoms with Crippen LogP contribution in [0.4, 0.5) is 0 Å². The summed E-state index contributed by atoms with van der Waals surface area (Å²) < 4.78 is 6.28. The van der Waals surface area contributed by atoms with Crippen LogP contribution in [0.2, 0.25) is 0 Å². The zero-order chi connectivity index (χ0) is 18.0. The minimum atomic E-state index is -0.635. The molecule has 0 unspecified atom stereocenters. The molecule has 0 aliphatic rings. The number of aryl methyl sites for hydroxylation is 1. The Morgan fingerprint density at radius 1 is 1.32 bits per heavy atom. The van der Waals surface area contributed by atoms with E-state index >= 15 is 0 Å². The van der Waals surface area contributed by atoms with E-state index < -0.39 is 6.10 Å². The Balaban J connectivity index is 1.68. The van der Waals surface area contributed by atoms with Crippen molar-refractivity contribution in [3.8, 4) is 5.75 Å². The highest BCUT2D eigenvalue weighted by Crippen LogP contribution is 2.16. The fraction of sp³-hybridized carbons (Fsp3) is 0.278. The molecule has 1 amide bonds. The molecule has 0 radical (unpaired) electrons. The van der Waals surface area contributed by atoms with Gasteiger partial charge >= 0.3 is 0 Å². The molecule has 0 saturated heterocycles. The number of H-pyrrole nitrogens is 1. The zero-order valence-corrected chi connectivity index (χ0v) is 15.1. The van der Waals surface area contributed by atoms with Crippen molar-refractivity contribution in [1.29, 1.82) is 0 Å². The molecule has 3 aromatic rings. The largest absolute Gasteiger partial charge is 0.481 e. The Labute approximate surface area is 149 Å². The molecular formula is C18H19N3O3S. The molecule has 130 valence electrons. The number of amides is 1. The van der Waals surface area contributed by atoms with Crippen molar-refractivity contribution >= 4 is 27.5 Å². The summed E-state index contributed by atoms with van der Waals surface area (Å²) in [5.74, 6) is 0.911. The second kappa shape index (κ2) is 7.06. The number of carbonyl (C=O) groups excluding carboxylic acids is 1. The summed E-state index contributed by atoms with van der Waals surface area (Å²) in [7, 11) is 1.66. The van der Waals surface area contributed by atoms with Gasteiger partial charge in [-0.3, -0.25) is 9.59 Å². The van der Waals surface area contributed by atoms with Crippen LogP contribution in [0.15, 0.2) is 40.5 Å². The number of hydrogen-bond acceptors (Lipinski definition) is 5. The Hall–Kier alpha value is -2.67. The lowest BCUT2D eigenvalue weighted by atomic mass is 10.2. The van der Waals surface area contributed by atoms with Crippen LogP contribution in [0.3, 0.4) is 0 Å². The van der Waals surface area contributed by atoms with Crippen molar-refractivity contribution < 1.29 is 9.53 Å². The Bertz CT molecular complexity index is 946. The third-order valence-electron chi connectivity index (χ3n) is 3.81. The van der Waals surface area contributed by atoms with Crippen molar-refractivity contribution in [2.45, 2.75) is 26.5 Å². The van der Waals surface area contributed by atoms with Gasteiger partial charge in [0, 0.05) is 7.05 Å². The van der Waals surface area contributed by atoms with E-state index in [1.165, 1.54) is 16.2 Å². The number of likely N-dealkylation sites (N-methyl/N-ethyl adjacent to an activating group) is 1. The normalized spacial score (nSPS) is 12.1. The molecule has 7 heteroatoms. The molecule has 2 heterocycles. The molecule has 0 fully saturated rings. The molecule has 0 saturated carbocycles. The van der Waals surface area contributed by atoms with Crippen LogP contribution in [0.5, 0.6) is 5.75 Å². The number of nitrogens with zero attached hydrogens (tertiary/aromatic N) is 2. The summed E-state index contributed by atoms with van der Waals surface area (Å²) in [5, 5.41) is 1.82. The first-order valence-electron chi connectivity index (χ1n) is 7.89. The van der Waals surface area contributed by atoms with Crippen molar-refractivity contribution in [2.24, 2.45) is 0 Å². The number of aromatic amines is 1. The van der Waals surface area contributed by atoms with Gasteiger partial charge in [-0.1, -0.05) is 17.7 Å². The smallest absolute Gasteiger partial charge is 0.268 e. The monoisotopic (exact) mass is 357 g/mol. The Morgan fingerprint density at radius 2 is 2.04 bits per heavy atom. The van der Waals surface area contributed by atoms with Gasteiger partial charge in [0.25, 0.3) is 11.5 Å². The second-order valence-corrected chi connectivity index (χ2v) is 6.83. The first-order valence-corrected chi connectivity index (χ1v) is 8.76. The Morgan fingerprint density at radius 3 is 2.76 bits per heavy atom. The topological polar surface area (TPSA) is 75.3 Å². The first-order chi connectivity index (χ1) is 11.9. The molecule has 3 rings (SSSR count). The number of thiophene rings is 1. The van der Waals surface area contributed by atoms with Gasteiger partial charge in [0.2, 0.25) is 0 Å². The summed E-state index contributed by atoms with van der Waals surface area (Å²) in [6, 6.07) is 9.33. The minimum absolute atomic E-state index is 0.181. The number of rotatable bonds is 5. The van der Waals surface area contributed by atoms with E-state index in [0.717, 1.165) is 5.56 Å². The number of benzene rings is 1. The maximum atomic E-state index is 12.5. The zero-order valence-electron chi connectivity index (χ0n) is 14.3. The summed E-state index contributed by atoms with van der Waals surface area (Å²) in [5.41, 5.74) is 1.59. The number of nitrogens with one attached hydrogen (secondary N) is 1. The lowest BCUT2D eigenvalue weighted by Gasteiger charge is -2.21. The van der Waals surface area contributed by atoms with Crippen LogP contribution in [-0.4, -0.2) is 33.9 Å². The van der Waals surface area contributed by atoms with E-state index in [1.807, 2.05) is 36.6 Å². The molecule has 1 atom stereocenters. The number of ether oxygens (including phenoxy) is 1. The van der Waals surface area contributed by atoms with Gasteiger partial charge < -0.3 is 14.6 Å². The number of carbonyl (C=O) groups is 1. The fourth-order valence-electron chi connectivity index (χ4n) is 2.48. The van der Waals surface area contributed by atoms with Gasteiger partial charge in [-0.25, -0.2) is 4.98 Å². The molecule has 0 aliphatic carbocycles. The van der Waals surface area contributed by atoms with Gasteiger partial charge in [0.05, 0.1) is 12.1 Å². The average molecular weight is 357 g/mol. The van der Waals surface area contributed by atoms with E-state index in [0.29, 0.717) is 21.8 Å². The average Bonchev–Trinajstić information content (AvgIpc) is 3.05. The van der Waals surface area contributed by atoms with Crippen LogP contribution < -0.4 is 10.3 Å². The third-order valence-corrected chi connectivity index (χ3v) is 4.71. The van der Waals surface area contributed by atoms with Crippen LogP contribution in [-0.2, 0) is 11.3 Å². The molecule has 0 bridgehead atoms. The molecule has 2 aromatic heterocycles. The van der Waals surface area contributed by atoms with E-state index in [4.69, 9.17) is 4.74 Å². The molecule has 6 nitrogen and oxygen atoms in total.